The van der Waals surface area contributed by atoms with Gasteiger partial charge in [-0.3, -0.25) is 4.90 Å². The standard InChI is InChI=1S/C20H23N3O3.C4H8.C2H6/c1-4-12(2)17-13(3)26-19(22)16(11-21)18(17)14-5-7-15(8-6-14)23-9-10-25-20(23)24;1-4-2-3-4;1-2/h5-8,12,18H,4,9-10,22H2,1-3H3;4H,2-3H2,1H3;1-2H3. The number of carbonyl (C=O) groups excluding carboxylic acids is 1. The van der Waals surface area contributed by atoms with Crippen LogP contribution in [0, 0.1) is 23.2 Å². The van der Waals surface area contributed by atoms with Gasteiger partial charge in [0.2, 0.25) is 5.88 Å². The van der Waals surface area contributed by atoms with Crippen LogP contribution in [0.25, 0.3) is 0 Å². The number of carbonyl (C=O) groups is 1. The zero-order chi connectivity index (χ0) is 23.8. The van der Waals surface area contributed by atoms with Gasteiger partial charge in [-0.2, -0.15) is 5.26 Å². The summed E-state index contributed by atoms with van der Waals surface area (Å²) < 4.78 is 10.6. The second-order valence-electron chi connectivity index (χ2n) is 8.29. The Morgan fingerprint density at radius 1 is 1.25 bits per heavy atom. The minimum absolute atomic E-state index is 0.161. The number of benzene rings is 1. The van der Waals surface area contributed by atoms with Gasteiger partial charge in [-0.15, -0.1) is 0 Å². The molecule has 0 spiro atoms. The summed E-state index contributed by atoms with van der Waals surface area (Å²) in [6.45, 7) is 13.4. The largest absolute Gasteiger partial charge is 0.447 e. The highest BCUT2D eigenvalue weighted by molar-refractivity contribution is 5.89. The molecule has 2 fully saturated rings. The second-order valence-corrected chi connectivity index (χ2v) is 8.29. The molecule has 4 rings (SSSR count). The smallest absolute Gasteiger partial charge is 0.414 e. The first kappa shape index (κ1) is 25.3. The van der Waals surface area contributed by atoms with Gasteiger partial charge in [-0.1, -0.05) is 59.6 Å². The van der Waals surface area contributed by atoms with Crippen LogP contribution in [-0.4, -0.2) is 19.2 Å². The third kappa shape index (κ3) is 5.85. The van der Waals surface area contributed by atoms with E-state index in [9.17, 15) is 10.1 Å². The van der Waals surface area contributed by atoms with E-state index in [1.165, 1.54) is 12.8 Å². The molecule has 1 aliphatic carbocycles. The summed E-state index contributed by atoms with van der Waals surface area (Å²) in [6, 6.07) is 9.86. The van der Waals surface area contributed by atoms with E-state index in [0.717, 1.165) is 34.9 Å². The van der Waals surface area contributed by atoms with Gasteiger partial charge in [0.05, 0.1) is 6.54 Å². The molecule has 2 unspecified atom stereocenters. The molecule has 174 valence electrons. The number of hydrogen-bond donors (Lipinski definition) is 1. The lowest BCUT2D eigenvalue weighted by atomic mass is 9.77. The van der Waals surface area contributed by atoms with Gasteiger partial charge in [0, 0.05) is 11.6 Å². The summed E-state index contributed by atoms with van der Waals surface area (Å²) in [5, 5.41) is 9.65. The quantitative estimate of drug-likeness (QED) is 0.602. The SMILES string of the molecule is CC.CC1CC1.CCC(C)C1=C(C)OC(N)=C(C#N)C1c1ccc(N2CCOC2=O)cc1. The van der Waals surface area contributed by atoms with Crippen molar-refractivity contribution in [3.63, 3.8) is 0 Å². The number of anilines is 1. The molecule has 1 saturated heterocycles. The molecule has 1 amide bonds. The third-order valence-corrected chi connectivity index (χ3v) is 5.96. The van der Waals surface area contributed by atoms with Crippen molar-refractivity contribution in [2.24, 2.45) is 17.6 Å². The molecule has 0 bridgehead atoms. The summed E-state index contributed by atoms with van der Waals surface area (Å²) in [5.41, 5.74) is 9.24. The Balaban J connectivity index is 0.000000533. The third-order valence-electron chi connectivity index (χ3n) is 5.96. The monoisotopic (exact) mass is 439 g/mol. The number of nitriles is 1. The normalized spacial score (nSPS) is 20.8. The molecule has 3 aliphatic rings. The van der Waals surface area contributed by atoms with E-state index < -0.39 is 0 Å². The van der Waals surface area contributed by atoms with E-state index in [2.05, 4.69) is 26.8 Å². The molecule has 1 saturated carbocycles. The Morgan fingerprint density at radius 3 is 2.28 bits per heavy atom. The van der Waals surface area contributed by atoms with Crippen molar-refractivity contribution >= 4 is 11.8 Å². The van der Waals surface area contributed by atoms with Crippen LogP contribution in [0.4, 0.5) is 10.5 Å². The molecule has 1 aromatic carbocycles. The Labute approximate surface area is 192 Å². The molecule has 0 radical (unpaired) electrons. The molecule has 0 aromatic heterocycles. The molecule has 2 atom stereocenters. The summed E-state index contributed by atoms with van der Waals surface area (Å²) in [7, 11) is 0. The molecular formula is C26H37N3O3. The van der Waals surface area contributed by atoms with Crippen LogP contribution in [0.3, 0.4) is 0 Å². The highest BCUT2D eigenvalue weighted by atomic mass is 16.6. The summed E-state index contributed by atoms with van der Waals surface area (Å²) in [5.74, 6) is 2.02. The van der Waals surface area contributed by atoms with Crippen LogP contribution in [0.2, 0.25) is 0 Å². The minimum Gasteiger partial charge on any atom is -0.447 e. The second kappa shape index (κ2) is 11.6. The number of allylic oxidation sites excluding steroid dienone is 3. The van der Waals surface area contributed by atoms with Crippen LogP contribution in [0.1, 0.15) is 72.3 Å². The Bertz CT molecular complexity index is 892. The lowest BCUT2D eigenvalue weighted by Crippen LogP contribution is -2.24. The Morgan fingerprint density at radius 2 is 1.84 bits per heavy atom. The van der Waals surface area contributed by atoms with Crippen LogP contribution in [-0.2, 0) is 9.47 Å². The Kier molecular flexibility index (Phi) is 9.19. The highest BCUT2D eigenvalue weighted by Gasteiger charge is 2.33. The fourth-order valence-corrected chi connectivity index (χ4v) is 3.74. The number of cyclic esters (lactones) is 1. The number of ether oxygens (including phenoxy) is 2. The maximum Gasteiger partial charge on any atom is 0.414 e. The molecule has 2 aliphatic heterocycles. The van der Waals surface area contributed by atoms with Gasteiger partial charge in [-0.25, -0.2) is 4.79 Å². The average Bonchev–Trinajstić information content (AvgIpc) is 3.47. The maximum atomic E-state index is 11.7. The van der Waals surface area contributed by atoms with E-state index in [1.54, 1.807) is 4.90 Å². The fourth-order valence-electron chi connectivity index (χ4n) is 3.74. The van der Waals surface area contributed by atoms with E-state index in [0.29, 0.717) is 18.7 Å². The van der Waals surface area contributed by atoms with Gasteiger partial charge in [-0.05, 0) is 48.4 Å². The van der Waals surface area contributed by atoms with Crippen LogP contribution < -0.4 is 10.6 Å². The number of amides is 1. The number of rotatable bonds is 4. The van der Waals surface area contributed by atoms with Crippen molar-refractivity contribution < 1.29 is 14.3 Å². The molecule has 1 aromatic rings. The zero-order valence-corrected chi connectivity index (χ0v) is 20.3. The summed E-state index contributed by atoms with van der Waals surface area (Å²) in [4.78, 5) is 13.3. The van der Waals surface area contributed by atoms with E-state index in [1.807, 2.05) is 45.0 Å². The predicted octanol–water partition coefficient (Wildman–Crippen LogP) is 6.21. The zero-order valence-electron chi connectivity index (χ0n) is 20.3. The van der Waals surface area contributed by atoms with Gasteiger partial charge in [0.1, 0.15) is 24.0 Å². The van der Waals surface area contributed by atoms with Crippen molar-refractivity contribution in [3.8, 4) is 6.07 Å². The first-order valence-corrected chi connectivity index (χ1v) is 11.7. The lowest BCUT2D eigenvalue weighted by molar-refractivity contribution is 0.181. The highest BCUT2D eigenvalue weighted by Crippen LogP contribution is 2.43. The van der Waals surface area contributed by atoms with Crippen molar-refractivity contribution in [1.82, 2.24) is 0 Å². The number of hydrogen-bond acceptors (Lipinski definition) is 5. The first-order chi connectivity index (χ1) is 15.4. The topological polar surface area (TPSA) is 88.6 Å². The van der Waals surface area contributed by atoms with E-state index >= 15 is 0 Å². The van der Waals surface area contributed by atoms with Crippen molar-refractivity contribution in [2.75, 3.05) is 18.1 Å². The summed E-state index contributed by atoms with van der Waals surface area (Å²) in [6.07, 6.45) is 3.57. The van der Waals surface area contributed by atoms with E-state index in [-0.39, 0.29) is 23.8 Å². The Hall–Kier alpha value is -2.94. The molecule has 2 heterocycles. The number of nitrogens with two attached hydrogens (primary N) is 1. The predicted molar refractivity (Wildman–Crippen MR) is 128 cm³/mol. The van der Waals surface area contributed by atoms with Crippen molar-refractivity contribution in [2.45, 2.75) is 66.7 Å². The molecule has 32 heavy (non-hydrogen) atoms. The van der Waals surface area contributed by atoms with Crippen LogP contribution in [0.15, 0.2) is 47.1 Å². The fraction of sp³-hybridized carbons (Fsp3) is 0.538. The maximum absolute atomic E-state index is 11.7. The van der Waals surface area contributed by atoms with Crippen LogP contribution in [0.5, 0.6) is 0 Å². The van der Waals surface area contributed by atoms with Gasteiger partial charge >= 0.3 is 6.09 Å². The minimum atomic E-state index is -0.332. The molecular weight excluding hydrogens is 402 g/mol. The molecule has 6 nitrogen and oxygen atoms in total. The van der Waals surface area contributed by atoms with Gasteiger partial charge < -0.3 is 15.2 Å². The van der Waals surface area contributed by atoms with Crippen molar-refractivity contribution in [1.29, 1.82) is 5.26 Å². The van der Waals surface area contributed by atoms with Gasteiger partial charge in [0.15, 0.2) is 0 Å². The summed E-state index contributed by atoms with van der Waals surface area (Å²) >= 11 is 0. The van der Waals surface area contributed by atoms with Crippen LogP contribution >= 0.6 is 0 Å². The number of nitrogens with zero attached hydrogens (tertiary/aromatic N) is 2. The molecule has 2 N–H and O–H groups in total. The van der Waals surface area contributed by atoms with Crippen molar-refractivity contribution in [3.05, 3.63) is 52.6 Å². The van der Waals surface area contributed by atoms with Gasteiger partial charge in [0.25, 0.3) is 0 Å². The lowest BCUT2D eigenvalue weighted by Gasteiger charge is -2.31. The van der Waals surface area contributed by atoms with E-state index in [4.69, 9.17) is 15.2 Å². The average molecular weight is 440 g/mol. The molecule has 6 heteroatoms. The first-order valence-electron chi connectivity index (χ1n) is 11.7.